The molecule has 6 nitrogen and oxygen atoms in total. The average molecular weight is 312 g/mol. The Morgan fingerprint density at radius 1 is 1.19 bits per heavy atom. The lowest BCUT2D eigenvalue weighted by Gasteiger charge is -2.18. The van der Waals surface area contributed by atoms with Gasteiger partial charge in [0.15, 0.2) is 0 Å². The zero-order valence-corrected chi connectivity index (χ0v) is 12.6. The van der Waals surface area contributed by atoms with E-state index in [1.807, 2.05) is 12.1 Å². The highest BCUT2D eigenvalue weighted by Gasteiger charge is 2.14. The highest BCUT2D eigenvalue weighted by atomic mass is 32.2. The fraction of sp³-hybridized carbons (Fsp3) is 0.500. The van der Waals surface area contributed by atoms with Gasteiger partial charge < -0.3 is 10.0 Å². The van der Waals surface area contributed by atoms with Crippen LogP contribution in [0.2, 0.25) is 0 Å². The van der Waals surface area contributed by atoms with Crippen LogP contribution in [0.3, 0.4) is 0 Å². The van der Waals surface area contributed by atoms with E-state index in [9.17, 15) is 13.2 Å². The molecule has 0 unspecified atom stereocenters. The SMILES string of the molecule is O=C(O)CCCS(=O)(=O)Nc1ccc(N2CCCC2)cc1. The van der Waals surface area contributed by atoms with Crippen molar-refractivity contribution in [1.82, 2.24) is 0 Å². The van der Waals surface area contributed by atoms with E-state index < -0.39 is 16.0 Å². The van der Waals surface area contributed by atoms with E-state index in [4.69, 9.17) is 5.11 Å². The molecule has 0 bridgehead atoms. The summed E-state index contributed by atoms with van der Waals surface area (Å²) in [5.74, 6) is -1.17. The van der Waals surface area contributed by atoms with Gasteiger partial charge in [-0.05, 0) is 43.5 Å². The predicted molar refractivity (Wildman–Crippen MR) is 82.2 cm³/mol. The summed E-state index contributed by atoms with van der Waals surface area (Å²) in [6.45, 7) is 2.08. The molecule has 0 aromatic heterocycles. The second-order valence-electron chi connectivity index (χ2n) is 5.16. The zero-order valence-electron chi connectivity index (χ0n) is 11.8. The van der Waals surface area contributed by atoms with Crippen molar-refractivity contribution in [3.63, 3.8) is 0 Å². The summed E-state index contributed by atoms with van der Waals surface area (Å²) in [6.07, 6.45) is 2.35. The van der Waals surface area contributed by atoms with E-state index in [0.717, 1.165) is 18.8 Å². The van der Waals surface area contributed by atoms with E-state index >= 15 is 0 Å². The predicted octanol–water partition coefficient (Wildman–Crippen LogP) is 1.89. The molecule has 116 valence electrons. The molecule has 0 amide bonds. The van der Waals surface area contributed by atoms with Crippen LogP contribution in [0.15, 0.2) is 24.3 Å². The molecule has 1 aromatic carbocycles. The van der Waals surface area contributed by atoms with Gasteiger partial charge in [-0.1, -0.05) is 0 Å². The number of sulfonamides is 1. The standard InChI is InChI=1S/C14H20N2O4S/c17-14(18)4-3-11-21(19,20)15-12-5-7-13(8-6-12)16-9-1-2-10-16/h5-8,15H,1-4,9-11H2,(H,17,18). The number of aliphatic carboxylic acids is 1. The third kappa shape index (κ3) is 4.93. The van der Waals surface area contributed by atoms with E-state index in [0.29, 0.717) is 5.69 Å². The van der Waals surface area contributed by atoms with Crippen LogP contribution in [0.1, 0.15) is 25.7 Å². The smallest absolute Gasteiger partial charge is 0.303 e. The molecular formula is C14H20N2O4S. The Bertz CT molecular complexity index is 577. The van der Waals surface area contributed by atoms with Crippen molar-refractivity contribution in [2.75, 3.05) is 28.5 Å². The van der Waals surface area contributed by atoms with Crippen LogP contribution in [0.25, 0.3) is 0 Å². The number of benzene rings is 1. The van der Waals surface area contributed by atoms with Gasteiger partial charge in [-0.15, -0.1) is 0 Å². The van der Waals surface area contributed by atoms with Crippen molar-refractivity contribution in [2.45, 2.75) is 25.7 Å². The molecular weight excluding hydrogens is 292 g/mol. The Labute approximate surface area is 124 Å². The van der Waals surface area contributed by atoms with Gasteiger partial charge in [0.2, 0.25) is 10.0 Å². The molecule has 2 rings (SSSR count). The van der Waals surface area contributed by atoms with Crippen molar-refractivity contribution in [1.29, 1.82) is 0 Å². The van der Waals surface area contributed by atoms with Gasteiger partial charge in [0, 0.05) is 30.9 Å². The summed E-state index contributed by atoms with van der Waals surface area (Å²) in [7, 11) is -3.49. The first-order valence-electron chi connectivity index (χ1n) is 7.03. The highest BCUT2D eigenvalue weighted by Crippen LogP contribution is 2.22. The van der Waals surface area contributed by atoms with Gasteiger partial charge in [0.25, 0.3) is 0 Å². The van der Waals surface area contributed by atoms with Crippen LogP contribution in [-0.4, -0.2) is 38.3 Å². The first-order valence-corrected chi connectivity index (χ1v) is 8.69. The van der Waals surface area contributed by atoms with E-state index in [-0.39, 0.29) is 18.6 Å². The van der Waals surface area contributed by atoms with Crippen LogP contribution in [0.4, 0.5) is 11.4 Å². The lowest BCUT2D eigenvalue weighted by molar-refractivity contribution is -0.137. The van der Waals surface area contributed by atoms with Crippen LogP contribution < -0.4 is 9.62 Å². The summed E-state index contributed by atoms with van der Waals surface area (Å²) >= 11 is 0. The third-order valence-electron chi connectivity index (χ3n) is 3.42. The van der Waals surface area contributed by atoms with Gasteiger partial charge >= 0.3 is 5.97 Å². The van der Waals surface area contributed by atoms with Gasteiger partial charge in [-0.2, -0.15) is 0 Å². The van der Waals surface area contributed by atoms with Crippen molar-refractivity contribution in [3.8, 4) is 0 Å². The monoisotopic (exact) mass is 312 g/mol. The molecule has 0 saturated carbocycles. The number of rotatable bonds is 7. The minimum Gasteiger partial charge on any atom is -0.481 e. The molecule has 0 radical (unpaired) electrons. The molecule has 1 aliphatic rings. The van der Waals surface area contributed by atoms with Crippen LogP contribution >= 0.6 is 0 Å². The summed E-state index contributed by atoms with van der Waals surface area (Å²) in [6, 6.07) is 7.28. The summed E-state index contributed by atoms with van der Waals surface area (Å²) in [4.78, 5) is 12.7. The molecule has 0 aliphatic carbocycles. The average Bonchev–Trinajstić information content (AvgIpc) is 2.92. The van der Waals surface area contributed by atoms with Gasteiger partial charge in [0.05, 0.1) is 5.75 Å². The fourth-order valence-electron chi connectivity index (χ4n) is 2.36. The van der Waals surface area contributed by atoms with Gasteiger partial charge in [0.1, 0.15) is 0 Å². The molecule has 1 aromatic rings. The molecule has 1 heterocycles. The Kier molecular flexibility index (Phi) is 5.06. The molecule has 2 N–H and O–H groups in total. The minimum atomic E-state index is -3.49. The lowest BCUT2D eigenvalue weighted by Crippen LogP contribution is -2.19. The van der Waals surface area contributed by atoms with Gasteiger partial charge in [-0.25, -0.2) is 8.42 Å². The Morgan fingerprint density at radius 3 is 2.38 bits per heavy atom. The van der Waals surface area contributed by atoms with Crippen LogP contribution in [-0.2, 0) is 14.8 Å². The molecule has 1 fully saturated rings. The lowest BCUT2D eigenvalue weighted by atomic mass is 10.2. The number of carbonyl (C=O) groups is 1. The summed E-state index contributed by atoms with van der Waals surface area (Å²) in [5, 5.41) is 8.51. The summed E-state index contributed by atoms with van der Waals surface area (Å²) in [5.41, 5.74) is 1.61. The molecule has 7 heteroatoms. The second-order valence-corrected chi connectivity index (χ2v) is 7.00. The van der Waals surface area contributed by atoms with Crippen molar-refractivity contribution >= 4 is 27.4 Å². The first-order chi connectivity index (χ1) is 9.96. The first kappa shape index (κ1) is 15.6. The Morgan fingerprint density at radius 2 is 1.81 bits per heavy atom. The Hall–Kier alpha value is -1.76. The number of carboxylic acid groups (broad SMARTS) is 1. The van der Waals surface area contributed by atoms with E-state index in [1.54, 1.807) is 12.1 Å². The van der Waals surface area contributed by atoms with Crippen molar-refractivity contribution in [2.24, 2.45) is 0 Å². The van der Waals surface area contributed by atoms with E-state index in [2.05, 4.69) is 9.62 Å². The van der Waals surface area contributed by atoms with Crippen LogP contribution in [0.5, 0.6) is 0 Å². The largest absolute Gasteiger partial charge is 0.481 e. The van der Waals surface area contributed by atoms with Crippen LogP contribution in [0, 0.1) is 0 Å². The highest BCUT2D eigenvalue weighted by molar-refractivity contribution is 7.92. The minimum absolute atomic E-state index is 0.108. The normalized spacial score (nSPS) is 15.1. The van der Waals surface area contributed by atoms with Crippen molar-refractivity contribution < 1.29 is 18.3 Å². The van der Waals surface area contributed by atoms with Gasteiger partial charge in [-0.3, -0.25) is 9.52 Å². The molecule has 0 atom stereocenters. The third-order valence-corrected chi connectivity index (χ3v) is 4.79. The molecule has 21 heavy (non-hydrogen) atoms. The molecule has 1 aliphatic heterocycles. The number of carboxylic acids is 1. The van der Waals surface area contributed by atoms with Crippen molar-refractivity contribution in [3.05, 3.63) is 24.3 Å². The number of nitrogens with one attached hydrogen (secondary N) is 1. The maximum atomic E-state index is 11.8. The maximum absolute atomic E-state index is 11.8. The summed E-state index contributed by atoms with van der Waals surface area (Å²) < 4.78 is 26.1. The zero-order chi connectivity index (χ0) is 15.3. The quantitative estimate of drug-likeness (QED) is 0.803. The fourth-order valence-corrected chi connectivity index (χ4v) is 3.48. The number of hydrogen-bond acceptors (Lipinski definition) is 4. The number of anilines is 2. The van der Waals surface area contributed by atoms with E-state index in [1.165, 1.54) is 12.8 Å². The maximum Gasteiger partial charge on any atom is 0.303 e. The molecule has 0 spiro atoms. The number of nitrogens with zero attached hydrogens (tertiary/aromatic N) is 1. The number of hydrogen-bond donors (Lipinski definition) is 2. The second kappa shape index (κ2) is 6.80. The topological polar surface area (TPSA) is 86.7 Å². The molecule has 1 saturated heterocycles. The Balaban J connectivity index is 1.91.